The summed E-state index contributed by atoms with van der Waals surface area (Å²) in [6, 6.07) is 0. The van der Waals surface area contributed by atoms with E-state index in [-0.39, 0.29) is 0 Å². The molecule has 1 saturated carbocycles. The molecule has 3 atom stereocenters. The normalized spacial score (nSPS) is 46.6. The van der Waals surface area contributed by atoms with Crippen molar-refractivity contribution in [3.05, 3.63) is 12.2 Å². The van der Waals surface area contributed by atoms with E-state index >= 15 is 0 Å². The molecule has 2 aliphatic rings. The van der Waals surface area contributed by atoms with Crippen LogP contribution in [0.25, 0.3) is 0 Å². The van der Waals surface area contributed by atoms with E-state index in [4.69, 9.17) is 5.73 Å². The topological polar surface area (TPSA) is 26.0 Å². The van der Waals surface area contributed by atoms with Crippen LogP contribution in [0, 0.1) is 17.8 Å². The lowest BCUT2D eigenvalue weighted by atomic mass is 9.94. The van der Waals surface area contributed by atoms with Crippen LogP contribution in [0.4, 0.5) is 0 Å². The van der Waals surface area contributed by atoms with Gasteiger partial charge in [0.25, 0.3) is 0 Å². The molecule has 2 rings (SSSR count). The Morgan fingerprint density at radius 1 is 1.33 bits per heavy atom. The molecule has 0 heterocycles. The summed E-state index contributed by atoms with van der Waals surface area (Å²) in [5.74, 6) is 2.56. The number of allylic oxidation sites excluding steroid dienone is 2. The first-order valence-electron chi connectivity index (χ1n) is 3.78. The Hall–Kier alpha value is -0.300. The fourth-order valence-electron chi connectivity index (χ4n) is 2.17. The highest BCUT2D eigenvalue weighted by Crippen LogP contribution is 2.42. The molecule has 0 saturated heterocycles. The van der Waals surface area contributed by atoms with Gasteiger partial charge in [-0.05, 0) is 37.1 Å². The first kappa shape index (κ1) is 5.48. The predicted molar refractivity (Wildman–Crippen MR) is 37.9 cm³/mol. The fraction of sp³-hybridized carbons (Fsp3) is 0.750. The third-order valence-corrected chi connectivity index (χ3v) is 2.72. The van der Waals surface area contributed by atoms with E-state index in [0.29, 0.717) is 0 Å². The molecule has 9 heavy (non-hydrogen) atoms. The van der Waals surface area contributed by atoms with Crippen LogP contribution in [0.5, 0.6) is 0 Å². The first-order valence-corrected chi connectivity index (χ1v) is 3.78. The van der Waals surface area contributed by atoms with Crippen molar-refractivity contribution in [1.82, 2.24) is 0 Å². The Kier molecular flexibility index (Phi) is 1.12. The van der Waals surface area contributed by atoms with Crippen LogP contribution in [0.1, 0.15) is 12.8 Å². The predicted octanol–water partition coefficient (Wildman–Crippen LogP) is 1.16. The molecule has 1 nitrogen and oxygen atoms in total. The molecule has 50 valence electrons. The second-order valence-corrected chi connectivity index (χ2v) is 3.28. The molecular weight excluding hydrogens is 110 g/mol. The van der Waals surface area contributed by atoms with E-state index in [2.05, 4.69) is 12.2 Å². The molecule has 0 aliphatic heterocycles. The zero-order chi connectivity index (χ0) is 6.27. The maximum absolute atomic E-state index is 5.59. The Labute approximate surface area is 55.9 Å². The third kappa shape index (κ3) is 0.715. The highest BCUT2D eigenvalue weighted by atomic mass is 14.6. The quantitative estimate of drug-likeness (QED) is 0.520. The summed E-state index contributed by atoms with van der Waals surface area (Å²) in [4.78, 5) is 0. The van der Waals surface area contributed by atoms with E-state index in [1.54, 1.807) is 0 Å². The zero-order valence-electron chi connectivity index (χ0n) is 5.59. The molecule has 1 heteroatoms. The second-order valence-electron chi connectivity index (χ2n) is 3.28. The van der Waals surface area contributed by atoms with Crippen LogP contribution in [0.2, 0.25) is 0 Å². The third-order valence-electron chi connectivity index (χ3n) is 2.72. The standard InChI is InChI=1S/C8H13N/c9-5-8-4-6-1-2-7(8)3-6/h1-2,6-8H,3-5,9H2/t6-,7+,8+/m1/s1. The lowest BCUT2D eigenvalue weighted by molar-refractivity contribution is 0.459. The summed E-state index contributed by atoms with van der Waals surface area (Å²) in [5.41, 5.74) is 5.59. The Balaban J connectivity index is 2.10. The molecule has 1 fully saturated rings. The van der Waals surface area contributed by atoms with Crippen molar-refractivity contribution in [2.75, 3.05) is 6.54 Å². The summed E-state index contributed by atoms with van der Waals surface area (Å²) >= 11 is 0. The van der Waals surface area contributed by atoms with Gasteiger partial charge in [-0.3, -0.25) is 0 Å². The van der Waals surface area contributed by atoms with Crippen LogP contribution in [-0.2, 0) is 0 Å². The van der Waals surface area contributed by atoms with E-state index in [1.165, 1.54) is 12.8 Å². The van der Waals surface area contributed by atoms with Crippen LogP contribution < -0.4 is 5.73 Å². The Bertz CT molecular complexity index is 140. The highest BCUT2D eigenvalue weighted by molar-refractivity contribution is 5.10. The van der Waals surface area contributed by atoms with Crippen molar-refractivity contribution in [2.24, 2.45) is 23.5 Å². The van der Waals surface area contributed by atoms with Gasteiger partial charge in [-0.1, -0.05) is 12.2 Å². The molecule has 2 bridgehead atoms. The molecule has 2 N–H and O–H groups in total. The van der Waals surface area contributed by atoms with Crippen LogP contribution in [0.15, 0.2) is 12.2 Å². The van der Waals surface area contributed by atoms with Gasteiger partial charge in [0.1, 0.15) is 0 Å². The lowest BCUT2D eigenvalue weighted by Crippen LogP contribution is -2.17. The van der Waals surface area contributed by atoms with Gasteiger partial charge in [0.15, 0.2) is 0 Å². The maximum atomic E-state index is 5.59. The average molecular weight is 123 g/mol. The van der Waals surface area contributed by atoms with Crippen molar-refractivity contribution in [3.8, 4) is 0 Å². The van der Waals surface area contributed by atoms with E-state index in [0.717, 1.165) is 24.3 Å². The monoisotopic (exact) mass is 123 g/mol. The van der Waals surface area contributed by atoms with Crippen molar-refractivity contribution >= 4 is 0 Å². The molecule has 0 unspecified atom stereocenters. The number of hydrogen-bond acceptors (Lipinski definition) is 1. The molecule has 0 radical (unpaired) electrons. The summed E-state index contributed by atoms with van der Waals surface area (Å²) < 4.78 is 0. The minimum absolute atomic E-state index is 0.819. The van der Waals surface area contributed by atoms with Gasteiger partial charge < -0.3 is 5.73 Å². The minimum atomic E-state index is 0.819. The van der Waals surface area contributed by atoms with Crippen molar-refractivity contribution < 1.29 is 0 Å². The van der Waals surface area contributed by atoms with Crippen LogP contribution in [-0.4, -0.2) is 6.54 Å². The summed E-state index contributed by atoms with van der Waals surface area (Å²) in [5, 5.41) is 0. The van der Waals surface area contributed by atoms with Gasteiger partial charge in [0, 0.05) is 0 Å². The van der Waals surface area contributed by atoms with Crippen LogP contribution >= 0.6 is 0 Å². The molecule has 0 aromatic rings. The molecule has 0 amide bonds. The van der Waals surface area contributed by atoms with Gasteiger partial charge in [0.2, 0.25) is 0 Å². The average Bonchev–Trinajstić information content (AvgIpc) is 2.45. The van der Waals surface area contributed by atoms with Crippen molar-refractivity contribution in [2.45, 2.75) is 12.8 Å². The largest absolute Gasteiger partial charge is 0.330 e. The van der Waals surface area contributed by atoms with Crippen molar-refractivity contribution in [1.29, 1.82) is 0 Å². The lowest BCUT2D eigenvalue weighted by Gasteiger charge is -2.14. The smallest absolute Gasteiger partial charge is 0.00430 e. The summed E-state index contributed by atoms with van der Waals surface area (Å²) in [7, 11) is 0. The number of hydrogen-bond donors (Lipinski definition) is 1. The van der Waals surface area contributed by atoms with Gasteiger partial charge in [-0.2, -0.15) is 0 Å². The second kappa shape index (κ2) is 1.84. The van der Waals surface area contributed by atoms with Gasteiger partial charge in [-0.25, -0.2) is 0 Å². The molecule has 0 spiro atoms. The fourth-order valence-corrected chi connectivity index (χ4v) is 2.17. The molecule has 0 aromatic heterocycles. The maximum Gasteiger partial charge on any atom is -0.00430 e. The van der Waals surface area contributed by atoms with E-state index in [1.807, 2.05) is 0 Å². The number of fused-ring (bicyclic) bond motifs is 2. The van der Waals surface area contributed by atoms with E-state index in [9.17, 15) is 0 Å². The SMILES string of the molecule is NC[C@@H]1C[C@@H]2C=C[C@H]1C2. The number of rotatable bonds is 1. The highest BCUT2D eigenvalue weighted by Gasteiger charge is 2.34. The van der Waals surface area contributed by atoms with E-state index < -0.39 is 0 Å². The number of nitrogens with two attached hydrogens (primary N) is 1. The van der Waals surface area contributed by atoms with Crippen molar-refractivity contribution in [3.63, 3.8) is 0 Å². The summed E-state index contributed by atoms with van der Waals surface area (Å²) in [6.45, 7) is 0.894. The zero-order valence-corrected chi connectivity index (χ0v) is 5.59. The van der Waals surface area contributed by atoms with Gasteiger partial charge >= 0.3 is 0 Å². The summed E-state index contributed by atoms with van der Waals surface area (Å²) in [6.07, 6.45) is 7.46. The molecule has 2 aliphatic carbocycles. The minimum Gasteiger partial charge on any atom is -0.330 e. The molecular formula is C8H13N. The Morgan fingerprint density at radius 3 is 2.56 bits per heavy atom. The first-order chi connectivity index (χ1) is 4.40. The van der Waals surface area contributed by atoms with Gasteiger partial charge in [-0.15, -0.1) is 0 Å². The Morgan fingerprint density at radius 2 is 2.22 bits per heavy atom. The van der Waals surface area contributed by atoms with Crippen LogP contribution in [0.3, 0.4) is 0 Å². The molecule has 0 aromatic carbocycles. The van der Waals surface area contributed by atoms with Gasteiger partial charge in [0.05, 0.1) is 0 Å².